The monoisotopic (exact) mass is 280 g/mol. The van der Waals surface area contributed by atoms with Crippen molar-refractivity contribution >= 4 is 5.91 Å². The number of ether oxygens (including phenoxy) is 1. The van der Waals surface area contributed by atoms with Crippen LogP contribution in [0.1, 0.15) is 30.1 Å². The first-order valence-corrected chi connectivity index (χ1v) is 6.97. The summed E-state index contributed by atoms with van der Waals surface area (Å²) in [6.07, 6.45) is 2.07. The fourth-order valence-corrected chi connectivity index (χ4v) is 2.55. The second-order valence-corrected chi connectivity index (χ2v) is 5.20. The third kappa shape index (κ3) is 3.48. The van der Waals surface area contributed by atoms with Crippen molar-refractivity contribution < 1.29 is 13.9 Å². The van der Waals surface area contributed by atoms with Gasteiger partial charge < -0.3 is 15.4 Å². The van der Waals surface area contributed by atoms with Crippen molar-refractivity contribution in [2.45, 2.75) is 25.8 Å². The molecule has 1 aliphatic rings. The van der Waals surface area contributed by atoms with Crippen molar-refractivity contribution in [3.05, 3.63) is 29.6 Å². The second kappa shape index (κ2) is 6.70. The predicted molar refractivity (Wildman–Crippen MR) is 75.5 cm³/mol. The summed E-state index contributed by atoms with van der Waals surface area (Å²) in [5.74, 6) is -0.0671. The van der Waals surface area contributed by atoms with Gasteiger partial charge in [-0.2, -0.15) is 0 Å². The number of carbonyl (C=O) groups is 1. The van der Waals surface area contributed by atoms with Crippen LogP contribution in [0.4, 0.5) is 4.39 Å². The van der Waals surface area contributed by atoms with E-state index in [1.54, 1.807) is 6.07 Å². The molecule has 1 heterocycles. The van der Waals surface area contributed by atoms with Crippen LogP contribution in [0.25, 0.3) is 0 Å². The highest BCUT2D eigenvalue weighted by molar-refractivity contribution is 5.94. The van der Waals surface area contributed by atoms with Crippen molar-refractivity contribution in [1.29, 1.82) is 0 Å². The molecular weight excluding hydrogens is 259 g/mol. The Balaban J connectivity index is 2.00. The minimum atomic E-state index is -0.556. The zero-order valence-electron chi connectivity index (χ0n) is 11.9. The number of benzene rings is 1. The Morgan fingerprint density at radius 3 is 2.75 bits per heavy atom. The summed E-state index contributed by atoms with van der Waals surface area (Å²) in [6, 6.07) is 4.32. The first-order chi connectivity index (χ1) is 9.61. The summed E-state index contributed by atoms with van der Waals surface area (Å²) in [5, 5.41) is 6.19. The number of carbonyl (C=O) groups excluding carboxylic acids is 1. The number of rotatable bonds is 4. The zero-order valence-corrected chi connectivity index (χ0v) is 11.9. The molecule has 110 valence electrons. The number of hydrogen-bond acceptors (Lipinski definition) is 3. The molecule has 0 aromatic heterocycles. The molecule has 0 spiro atoms. The van der Waals surface area contributed by atoms with E-state index in [1.807, 2.05) is 6.92 Å². The third-order valence-corrected chi connectivity index (χ3v) is 3.87. The van der Waals surface area contributed by atoms with Crippen molar-refractivity contribution in [2.75, 3.05) is 20.2 Å². The van der Waals surface area contributed by atoms with Gasteiger partial charge in [0.2, 0.25) is 0 Å². The smallest absolute Gasteiger partial charge is 0.254 e. The molecule has 1 atom stereocenters. The van der Waals surface area contributed by atoms with Crippen LogP contribution in [0.2, 0.25) is 0 Å². The quantitative estimate of drug-likeness (QED) is 0.886. The van der Waals surface area contributed by atoms with Crippen LogP contribution in [0.3, 0.4) is 0 Å². The molecule has 0 radical (unpaired) electrons. The van der Waals surface area contributed by atoms with Crippen molar-refractivity contribution in [3.63, 3.8) is 0 Å². The highest BCUT2D eigenvalue weighted by Gasteiger charge is 2.22. The van der Waals surface area contributed by atoms with Gasteiger partial charge in [-0.05, 0) is 50.9 Å². The first kappa shape index (κ1) is 14.8. The van der Waals surface area contributed by atoms with Gasteiger partial charge in [-0.25, -0.2) is 4.39 Å². The lowest BCUT2D eigenvalue weighted by molar-refractivity contribution is 0.0916. The molecule has 1 aliphatic heterocycles. The van der Waals surface area contributed by atoms with E-state index in [2.05, 4.69) is 10.6 Å². The number of methoxy groups -OCH3 is 1. The van der Waals surface area contributed by atoms with Crippen LogP contribution in [-0.2, 0) is 0 Å². The molecule has 1 aromatic rings. The lowest BCUT2D eigenvalue weighted by Gasteiger charge is -2.28. The van der Waals surface area contributed by atoms with Gasteiger partial charge in [0.05, 0.1) is 12.7 Å². The first-order valence-electron chi connectivity index (χ1n) is 6.97. The van der Waals surface area contributed by atoms with Gasteiger partial charge in [-0.15, -0.1) is 0 Å². The summed E-state index contributed by atoms with van der Waals surface area (Å²) in [5.41, 5.74) is 0.0617. The summed E-state index contributed by atoms with van der Waals surface area (Å²) in [6.45, 7) is 3.93. The summed E-state index contributed by atoms with van der Waals surface area (Å²) in [4.78, 5) is 12.1. The number of piperidine rings is 1. The standard InChI is InChI=1S/C15H21FN2O2/c1-10(11-5-7-17-8-6-11)18-15(19)13-4-3-12(20-2)9-14(13)16/h3-4,9-11,17H,5-8H2,1-2H3,(H,18,19). The maximum absolute atomic E-state index is 13.8. The average molecular weight is 280 g/mol. The van der Waals surface area contributed by atoms with Crippen LogP contribution >= 0.6 is 0 Å². The highest BCUT2D eigenvalue weighted by atomic mass is 19.1. The molecule has 0 saturated carbocycles. The van der Waals surface area contributed by atoms with Gasteiger partial charge >= 0.3 is 0 Å². The summed E-state index contributed by atoms with van der Waals surface area (Å²) in [7, 11) is 1.47. The van der Waals surface area contributed by atoms with Gasteiger partial charge in [0, 0.05) is 12.1 Å². The van der Waals surface area contributed by atoms with Crippen molar-refractivity contribution in [1.82, 2.24) is 10.6 Å². The van der Waals surface area contributed by atoms with E-state index < -0.39 is 5.82 Å². The molecule has 1 aromatic carbocycles. The average Bonchev–Trinajstić information content (AvgIpc) is 2.47. The van der Waals surface area contributed by atoms with Crippen LogP contribution in [0.5, 0.6) is 5.75 Å². The van der Waals surface area contributed by atoms with Gasteiger partial charge in [0.1, 0.15) is 11.6 Å². The number of nitrogens with one attached hydrogen (secondary N) is 2. The fourth-order valence-electron chi connectivity index (χ4n) is 2.55. The molecule has 0 bridgehead atoms. The Hall–Kier alpha value is -1.62. The molecular formula is C15H21FN2O2. The minimum Gasteiger partial charge on any atom is -0.497 e. The maximum atomic E-state index is 13.8. The summed E-state index contributed by atoms with van der Waals surface area (Å²) >= 11 is 0. The molecule has 2 N–H and O–H groups in total. The Labute approximate surface area is 118 Å². The molecule has 4 nitrogen and oxygen atoms in total. The molecule has 5 heteroatoms. The second-order valence-electron chi connectivity index (χ2n) is 5.20. The molecule has 1 saturated heterocycles. The largest absolute Gasteiger partial charge is 0.497 e. The van der Waals surface area contributed by atoms with E-state index in [1.165, 1.54) is 19.2 Å². The molecule has 1 fully saturated rings. The van der Waals surface area contributed by atoms with Crippen molar-refractivity contribution in [3.8, 4) is 5.75 Å². The van der Waals surface area contributed by atoms with E-state index >= 15 is 0 Å². The normalized spacial score (nSPS) is 17.6. The highest BCUT2D eigenvalue weighted by Crippen LogP contribution is 2.19. The van der Waals surface area contributed by atoms with Crippen LogP contribution in [0.15, 0.2) is 18.2 Å². The minimum absolute atomic E-state index is 0.0473. The Bertz CT molecular complexity index is 473. The van der Waals surface area contributed by atoms with Gasteiger partial charge in [0.15, 0.2) is 0 Å². The zero-order chi connectivity index (χ0) is 14.5. The van der Waals surface area contributed by atoms with Crippen LogP contribution in [-0.4, -0.2) is 32.1 Å². The lowest BCUT2D eigenvalue weighted by Crippen LogP contribution is -2.42. The lowest BCUT2D eigenvalue weighted by atomic mass is 9.91. The molecule has 2 rings (SSSR count). The predicted octanol–water partition coefficient (Wildman–Crippen LogP) is 1.95. The Kier molecular flexibility index (Phi) is 4.95. The van der Waals surface area contributed by atoms with E-state index in [9.17, 15) is 9.18 Å². The third-order valence-electron chi connectivity index (χ3n) is 3.87. The Morgan fingerprint density at radius 1 is 1.45 bits per heavy atom. The summed E-state index contributed by atoms with van der Waals surface area (Å²) < 4.78 is 18.8. The number of amides is 1. The SMILES string of the molecule is COc1ccc(C(=O)NC(C)C2CCNCC2)c(F)c1. The number of hydrogen-bond donors (Lipinski definition) is 2. The molecule has 1 unspecified atom stereocenters. The van der Waals surface area contributed by atoms with Gasteiger partial charge in [-0.3, -0.25) is 4.79 Å². The van der Waals surface area contributed by atoms with Gasteiger partial charge in [0.25, 0.3) is 5.91 Å². The van der Waals surface area contributed by atoms with E-state index in [-0.39, 0.29) is 17.5 Å². The van der Waals surface area contributed by atoms with Crippen molar-refractivity contribution in [2.24, 2.45) is 5.92 Å². The van der Waals surface area contributed by atoms with E-state index in [4.69, 9.17) is 4.74 Å². The number of halogens is 1. The van der Waals surface area contributed by atoms with Crippen LogP contribution in [0, 0.1) is 11.7 Å². The molecule has 20 heavy (non-hydrogen) atoms. The van der Waals surface area contributed by atoms with Gasteiger partial charge in [-0.1, -0.05) is 0 Å². The Morgan fingerprint density at radius 2 is 2.15 bits per heavy atom. The fraction of sp³-hybridized carbons (Fsp3) is 0.533. The van der Waals surface area contributed by atoms with E-state index in [0.29, 0.717) is 11.7 Å². The molecule has 0 aliphatic carbocycles. The topological polar surface area (TPSA) is 50.4 Å². The molecule has 1 amide bonds. The maximum Gasteiger partial charge on any atom is 0.254 e. The van der Waals surface area contributed by atoms with E-state index in [0.717, 1.165) is 25.9 Å². The van der Waals surface area contributed by atoms with Crippen LogP contribution < -0.4 is 15.4 Å².